The van der Waals surface area contributed by atoms with Crippen LogP contribution in [0.1, 0.15) is 12.0 Å². The van der Waals surface area contributed by atoms with Gasteiger partial charge in [-0.15, -0.1) is 0 Å². The van der Waals surface area contributed by atoms with Crippen molar-refractivity contribution in [2.45, 2.75) is 12.8 Å². The zero-order valence-corrected chi connectivity index (χ0v) is 7.13. The van der Waals surface area contributed by atoms with E-state index in [1.54, 1.807) is 0 Å². The van der Waals surface area contributed by atoms with Gasteiger partial charge in [0.25, 0.3) is 0 Å². The molecule has 0 atom stereocenters. The highest BCUT2D eigenvalue weighted by molar-refractivity contribution is 5.67. The standard InChI is InChI=1S/C9H8F2O3/c10-6-2-3-7(11)9(14)5(6)1-4-8(12)13/h2-3,14H,1,4H2,(H,12,13). The normalized spacial score (nSPS) is 10.1. The van der Waals surface area contributed by atoms with Gasteiger partial charge in [-0.25, -0.2) is 8.78 Å². The van der Waals surface area contributed by atoms with Crippen LogP contribution in [0.4, 0.5) is 8.78 Å². The van der Waals surface area contributed by atoms with Crippen molar-refractivity contribution in [1.29, 1.82) is 0 Å². The molecule has 0 saturated heterocycles. The molecule has 0 aliphatic carbocycles. The second-order valence-corrected chi connectivity index (χ2v) is 2.75. The van der Waals surface area contributed by atoms with Gasteiger partial charge in [-0.3, -0.25) is 4.79 Å². The van der Waals surface area contributed by atoms with Crippen molar-refractivity contribution in [3.8, 4) is 5.75 Å². The molecule has 1 rings (SSSR count). The average molecular weight is 202 g/mol. The third-order valence-corrected chi connectivity index (χ3v) is 1.77. The Bertz CT molecular complexity index is 363. The smallest absolute Gasteiger partial charge is 0.303 e. The van der Waals surface area contributed by atoms with Gasteiger partial charge in [0.15, 0.2) is 11.6 Å². The largest absolute Gasteiger partial charge is 0.505 e. The van der Waals surface area contributed by atoms with Crippen molar-refractivity contribution in [2.75, 3.05) is 0 Å². The van der Waals surface area contributed by atoms with Crippen molar-refractivity contribution in [3.05, 3.63) is 29.3 Å². The summed E-state index contributed by atoms with van der Waals surface area (Å²) in [6.45, 7) is 0. The molecule has 0 aliphatic heterocycles. The van der Waals surface area contributed by atoms with Crippen molar-refractivity contribution < 1.29 is 23.8 Å². The van der Waals surface area contributed by atoms with E-state index in [2.05, 4.69) is 0 Å². The summed E-state index contributed by atoms with van der Waals surface area (Å²) in [6.07, 6.45) is -0.585. The van der Waals surface area contributed by atoms with Gasteiger partial charge < -0.3 is 10.2 Å². The van der Waals surface area contributed by atoms with E-state index in [1.165, 1.54) is 0 Å². The van der Waals surface area contributed by atoms with Crippen LogP contribution in [0.25, 0.3) is 0 Å². The molecule has 5 heteroatoms. The summed E-state index contributed by atoms with van der Waals surface area (Å²) in [4.78, 5) is 10.2. The fourth-order valence-corrected chi connectivity index (χ4v) is 1.05. The van der Waals surface area contributed by atoms with E-state index in [9.17, 15) is 13.6 Å². The molecule has 0 unspecified atom stereocenters. The first-order valence-corrected chi connectivity index (χ1v) is 3.90. The van der Waals surface area contributed by atoms with Gasteiger partial charge in [0, 0.05) is 12.0 Å². The maximum atomic E-state index is 13.0. The predicted molar refractivity (Wildman–Crippen MR) is 44.0 cm³/mol. The fraction of sp³-hybridized carbons (Fsp3) is 0.222. The van der Waals surface area contributed by atoms with E-state index in [4.69, 9.17) is 10.2 Å². The molecule has 76 valence electrons. The second kappa shape index (κ2) is 4.04. The Morgan fingerprint density at radius 2 is 1.86 bits per heavy atom. The summed E-state index contributed by atoms with van der Waals surface area (Å²) in [7, 11) is 0. The van der Waals surface area contributed by atoms with E-state index in [0.717, 1.165) is 12.1 Å². The number of hydrogen-bond acceptors (Lipinski definition) is 2. The summed E-state index contributed by atoms with van der Waals surface area (Å²) in [5.41, 5.74) is -0.299. The molecular weight excluding hydrogens is 194 g/mol. The Kier molecular flexibility index (Phi) is 3.01. The first-order chi connectivity index (χ1) is 6.52. The number of carboxylic acid groups (broad SMARTS) is 1. The lowest BCUT2D eigenvalue weighted by atomic mass is 10.1. The summed E-state index contributed by atoms with van der Waals surface area (Å²) in [5.74, 6) is -3.70. The third kappa shape index (κ3) is 2.18. The number of phenols is 1. The molecule has 2 N–H and O–H groups in total. The maximum absolute atomic E-state index is 13.0. The van der Waals surface area contributed by atoms with E-state index < -0.39 is 23.4 Å². The van der Waals surface area contributed by atoms with E-state index in [-0.39, 0.29) is 18.4 Å². The lowest BCUT2D eigenvalue weighted by molar-refractivity contribution is -0.136. The van der Waals surface area contributed by atoms with Gasteiger partial charge in [0.1, 0.15) is 5.82 Å². The van der Waals surface area contributed by atoms with Gasteiger partial charge in [-0.2, -0.15) is 0 Å². The number of phenolic OH excluding ortho intramolecular Hbond substituents is 1. The first kappa shape index (κ1) is 10.4. The molecule has 0 fully saturated rings. The van der Waals surface area contributed by atoms with Crippen LogP contribution in [-0.2, 0) is 11.2 Å². The summed E-state index contributed by atoms with van der Waals surface area (Å²) < 4.78 is 25.7. The number of hydrogen-bond donors (Lipinski definition) is 2. The topological polar surface area (TPSA) is 57.5 Å². The van der Waals surface area contributed by atoms with Crippen molar-refractivity contribution in [1.82, 2.24) is 0 Å². The minimum absolute atomic E-state index is 0.231. The van der Waals surface area contributed by atoms with E-state index in [0.29, 0.717) is 0 Å². The number of rotatable bonds is 3. The Balaban J connectivity index is 2.95. The highest BCUT2D eigenvalue weighted by Gasteiger charge is 2.13. The molecule has 0 saturated carbocycles. The number of halogens is 2. The van der Waals surface area contributed by atoms with Crippen LogP contribution in [0.2, 0.25) is 0 Å². The highest BCUT2D eigenvalue weighted by atomic mass is 19.1. The minimum Gasteiger partial charge on any atom is -0.505 e. The van der Waals surface area contributed by atoms with Gasteiger partial charge in [-0.1, -0.05) is 0 Å². The first-order valence-electron chi connectivity index (χ1n) is 3.90. The van der Waals surface area contributed by atoms with Crippen molar-refractivity contribution in [3.63, 3.8) is 0 Å². The number of benzene rings is 1. The van der Waals surface area contributed by atoms with Crippen LogP contribution in [0.3, 0.4) is 0 Å². The van der Waals surface area contributed by atoms with Crippen LogP contribution in [0.5, 0.6) is 5.75 Å². The third-order valence-electron chi connectivity index (χ3n) is 1.77. The molecule has 1 aromatic carbocycles. The average Bonchev–Trinajstić information content (AvgIpc) is 2.11. The number of aromatic hydroxyl groups is 1. The maximum Gasteiger partial charge on any atom is 0.303 e. The zero-order chi connectivity index (χ0) is 10.7. The monoisotopic (exact) mass is 202 g/mol. The van der Waals surface area contributed by atoms with Crippen LogP contribution in [-0.4, -0.2) is 16.2 Å². The summed E-state index contributed by atoms with van der Waals surface area (Å²) in [5, 5.41) is 17.4. The number of carbonyl (C=O) groups is 1. The number of carboxylic acids is 1. The van der Waals surface area contributed by atoms with Crippen LogP contribution in [0.15, 0.2) is 12.1 Å². The second-order valence-electron chi connectivity index (χ2n) is 2.75. The Hall–Kier alpha value is -1.65. The van der Waals surface area contributed by atoms with E-state index in [1.807, 2.05) is 0 Å². The molecule has 0 heterocycles. The van der Waals surface area contributed by atoms with Crippen LogP contribution in [0, 0.1) is 11.6 Å². The zero-order valence-electron chi connectivity index (χ0n) is 7.13. The van der Waals surface area contributed by atoms with Gasteiger partial charge in [0.05, 0.1) is 0 Å². The Morgan fingerprint density at radius 3 is 2.43 bits per heavy atom. The molecule has 0 bridgehead atoms. The molecule has 0 amide bonds. The van der Waals surface area contributed by atoms with E-state index >= 15 is 0 Å². The molecule has 1 aromatic rings. The molecule has 0 aliphatic rings. The SMILES string of the molecule is O=C(O)CCc1c(F)ccc(F)c1O. The summed E-state index contributed by atoms with van der Waals surface area (Å²) in [6, 6.07) is 1.64. The molecule has 0 radical (unpaired) electrons. The van der Waals surface area contributed by atoms with Crippen molar-refractivity contribution in [2.24, 2.45) is 0 Å². The molecular formula is C9H8F2O3. The highest BCUT2D eigenvalue weighted by Crippen LogP contribution is 2.24. The predicted octanol–water partition coefficient (Wildman–Crippen LogP) is 1.69. The Morgan fingerprint density at radius 1 is 1.29 bits per heavy atom. The molecule has 0 aromatic heterocycles. The van der Waals surface area contributed by atoms with Gasteiger partial charge in [0.2, 0.25) is 0 Å². The lowest BCUT2D eigenvalue weighted by Crippen LogP contribution is -2.00. The molecule has 0 spiro atoms. The van der Waals surface area contributed by atoms with Gasteiger partial charge >= 0.3 is 5.97 Å². The van der Waals surface area contributed by atoms with Crippen LogP contribution < -0.4 is 0 Å². The quantitative estimate of drug-likeness (QED) is 0.784. The Labute approximate surface area is 78.6 Å². The van der Waals surface area contributed by atoms with Gasteiger partial charge in [-0.05, 0) is 18.6 Å². The summed E-state index contributed by atoms with van der Waals surface area (Å²) >= 11 is 0. The fourth-order valence-electron chi connectivity index (χ4n) is 1.05. The van der Waals surface area contributed by atoms with Crippen molar-refractivity contribution >= 4 is 5.97 Å². The van der Waals surface area contributed by atoms with Crippen LogP contribution >= 0.6 is 0 Å². The molecule has 14 heavy (non-hydrogen) atoms. The lowest BCUT2D eigenvalue weighted by Gasteiger charge is -2.04. The molecule has 3 nitrogen and oxygen atoms in total. The minimum atomic E-state index is -1.13. The number of aliphatic carboxylic acids is 1.